The summed E-state index contributed by atoms with van der Waals surface area (Å²) < 4.78 is 31.6. The Bertz CT molecular complexity index is 2470. The zero-order valence-electron chi connectivity index (χ0n) is 37.8. The van der Waals surface area contributed by atoms with Crippen LogP contribution in [0.15, 0.2) is 41.5 Å². The first kappa shape index (κ1) is 45.2. The van der Waals surface area contributed by atoms with Gasteiger partial charge in [0.1, 0.15) is 6.04 Å². The molecule has 1 atom stereocenters. The van der Waals surface area contributed by atoms with Crippen molar-refractivity contribution >= 4 is 58.5 Å². The second-order valence-corrected chi connectivity index (χ2v) is 18.3. The monoisotopic (exact) mass is 907 g/mol. The van der Waals surface area contributed by atoms with Gasteiger partial charge in [-0.2, -0.15) is 5.10 Å². The summed E-state index contributed by atoms with van der Waals surface area (Å²) in [5.41, 5.74) is 11.8. The minimum absolute atomic E-state index is 0.00497. The van der Waals surface area contributed by atoms with Gasteiger partial charge in [0, 0.05) is 120 Å². The van der Waals surface area contributed by atoms with E-state index in [4.69, 9.17) is 10.8 Å². The minimum Gasteiger partial charge on any atom is -0.404 e. The van der Waals surface area contributed by atoms with Crippen molar-refractivity contribution in [3.05, 3.63) is 75.6 Å². The summed E-state index contributed by atoms with van der Waals surface area (Å²) in [6, 6.07) is 7.92. The third-order valence-electron chi connectivity index (χ3n) is 14.4. The Kier molecular flexibility index (Phi) is 13.0. The van der Waals surface area contributed by atoms with Crippen molar-refractivity contribution in [3.63, 3.8) is 0 Å². The number of likely N-dealkylation sites (tertiary alicyclic amines) is 1. The number of carbonyl (C=O) groups is 5. The number of carbonyl (C=O) groups excluding carboxylic acids is 5. The zero-order valence-corrected chi connectivity index (χ0v) is 37.8. The molecule has 0 bridgehead atoms. The van der Waals surface area contributed by atoms with Crippen LogP contribution in [0.3, 0.4) is 0 Å². The van der Waals surface area contributed by atoms with Gasteiger partial charge in [-0.25, -0.2) is 8.78 Å². The molecule has 1 aromatic heterocycles. The fourth-order valence-corrected chi connectivity index (χ4v) is 10.9. The largest absolute Gasteiger partial charge is 0.404 e. The van der Waals surface area contributed by atoms with E-state index in [1.165, 1.54) is 12.4 Å². The zero-order chi connectivity index (χ0) is 46.2. The van der Waals surface area contributed by atoms with E-state index >= 15 is 0 Å². The summed E-state index contributed by atoms with van der Waals surface area (Å²) in [5.74, 6) is -1.22. The first-order valence-electron chi connectivity index (χ1n) is 23.4. The Morgan fingerprint density at radius 2 is 1.65 bits per heavy atom. The highest BCUT2D eigenvalue weighted by molar-refractivity contribution is 6.25. The normalized spacial score (nSPS) is 21.3. The van der Waals surface area contributed by atoms with Crippen molar-refractivity contribution in [3.8, 4) is 0 Å². The molecule has 3 N–H and O–H groups in total. The molecule has 9 rings (SSSR count). The van der Waals surface area contributed by atoms with E-state index in [-0.39, 0.29) is 30.4 Å². The van der Waals surface area contributed by atoms with E-state index in [0.717, 1.165) is 111 Å². The van der Waals surface area contributed by atoms with E-state index in [1.807, 2.05) is 17.0 Å². The lowest BCUT2D eigenvalue weighted by atomic mass is 9.92. The molecule has 350 valence electrons. The number of nitrogens with one attached hydrogen (secondary N) is 1. The lowest BCUT2D eigenvalue weighted by molar-refractivity contribution is -0.136. The number of fused-ring (bicyclic) bond motifs is 3. The number of nitrogens with zero attached hydrogens (tertiary/aromatic N) is 9. The Labute approximate surface area is 383 Å². The van der Waals surface area contributed by atoms with E-state index in [2.05, 4.69) is 34.6 Å². The number of allylic oxidation sites excluding steroid dienone is 1. The molecule has 2 aromatic carbocycles. The molecule has 16 nitrogen and oxygen atoms in total. The van der Waals surface area contributed by atoms with Gasteiger partial charge in [-0.05, 0) is 93.4 Å². The van der Waals surface area contributed by atoms with Crippen molar-refractivity contribution in [2.75, 3.05) is 82.3 Å². The summed E-state index contributed by atoms with van der Waals surface area (Å²) in [6.45, 7) is 10.2. The van der Waals surface area contributed by atoms with Crippen LogP contribution in [0.25, 0.3) is 5.57 Å². The summed E-state index contributed by atoms with van der Waals surface area (Å²) in [6.07, 6.45) is 6.57. The van der Waals surface area contributed by atoms with Crippen molar-refractivity contribution in [2.45, 2.75) is 89.8 Å². The van der Waals surface area contributed by atoms with Crippen LogP contribution in [0.2, 0.25) is 0 Å². The van der Waals surface area contributed by atoms with Gasteiger partial charge >= 0.3 is 0 Å². The van der Waals surface area contributed by atoms with Crippen LogP contribution in [0, 0.1) is 0 Å². The molecule has 5 amide bonds. The van der Waals surface area contributed by atoms with Crippen LogP contribution >= 0.6 is 0 Å². The van der Waals surface area contributed by atoms with Crippen LogP contribution in [0.5, 0.6) is 0 Å². The van der Waals surface area contributed by atoms with Gasteiger partial charge in [0.05, 0.1) is 29.4 Å². The highest BCUT2D eigenvalue weighted by Gasteiger charge is 2.46. The number of imide groups is 2. The molecule has 6 aliphatic rings. The molecule has 0 radical (unpaired) electrons. The SMILES string of the molecule is CN=CC(=CN)c1cc2c(cc1C(F)F)N(c1nn(C3CCN(CCCCN4CCN(c5cccc6c5C(=O)N(C5CCC(=O)NC5=O)C6=O)CC4)CC3)c3c1CN(C(C)=O)CC3)CCC2. The molecule has 3 fully saturated rings. The maximum Gasteiger partial charge on any atom is 0.264 e. The van der Waals surface area contributed by atoms with Crippen LogP contribution in [-0.4, -0.2) is 144 Å². The number of hydrogen-bond donors (Lipinski definition) is 2. The van der Waals surface area contributed by atoms with Crippen molar-refractivity contribution < 1.29 is 32.8 Å². The molecule has 66 heavy (non-hydrogen) atoms. The molecule has 0 aliphatic carbocycles. The quantitative estimate of drug-likeness (QED) is 0.150. The number of alkyl halides is 2. The Balaban J connectivity index is 0.801. The van der Waals surface area contributed by atoms with Crippen molar-refractivity contribution in [1.82, 2.24) is 34.7 Å². The fraction of sp³-hybridized carbons (Fsp3) is 0.521. The fourth-order valence-electron chi connectivity index (χ4n) is 10.9. The first-order valence-corrected chi connectivity index (χ1v) is 23.4. The predicted molar refractivity (Wildman–Crippen MR) is 246 cm³/mol. The van der Waals surface area contributed by atoms with Gasteiger partial charge < -0.3 is 25.3 Å². The number of anilines is 3. The summed E-state index contributed by atoms with van der Waals surface area (Å²) in [4.78, 5) is 80.2. The number of hydrogen-bond acceptors (Lipinski definition) is 12. The lowest BCUT2D eigenvalue weighted by Crippen LogP contribution is -2.54. The summed E-state index contributed by atoms with van der Waals surface area (Å²) >= 11 is 0. The van der Waals surface area contributed by atoms with E-state index in [9.17, 15) is 32.8 Å². The van der Waals surface area contributed by atoms with Gasteiger partial charge in [0.15, 0.2) is 5.82 Å². The maximum atomic E-state index is 14.7. The third kappa shape index (κ3) is 8.60. The van der Waals surface area contributed by atoms with Crippen LogP contribution in [0.1, 0.15) is 113 Å². The molecule has 0 spiro atoms. The molecule has 3 aromatic rings. The number of aryl methyl sites for hydroxylation is 1. The highest BCUT2D eigenvalue weighted by Crippen LogP contribution is 2.43. The summed E-state index contributed by atoms with van der Waals surface area (Å²) in [7, 11) is 1.59. The predicted octanol–water partition coefficient (Wildman–Crippen LogP) is 4.45. The van der Waals surface area contributed by atoms with E-state index < -0.39 is 36.1 Å². The number of aliphatic imine (C=N–C) groups is 1. The number of amides is 5. The van der Waals surface area contributed by atoms with Gasteiger partial charge in [-0.1, -0.05) is 6.07 Å². The molecular formula is C48H59F2N11O5. The van der Waals surface area contributed by atoms with Crippen LogP contribution in [0.4, 0.5) is 26.0 Å². The second-order valence-electron chi connectivity index (χ2n) is 18.3. The number of unbranched alkanes of at least 4 members (excludes halogenated alkanes) is 1. The highest BCUT2D eigenvalue weighted by atomic mass is 19.3. The number of rotatable bonds is 12. The average Bonchev–Trinajstić information content (AvgIpc) is 3.82. The third-order valence-corrected chi connectivity index (χ3v) is 14.4. The summed E-state index contributed by atoms with van der Waals surface area (Å²) in [5, 5.41) is 7.58. The Morgan fingerprint density at radius 3 is 2.33 bits per heavy atom. The van der Waals surface area contributed by atoms with Gasteiger partial charge in [0.2, 0.25) is 17.7 Å². The molecule has 18 heteroatoms. The molecule has 7 heterocycles. The Hall–Kier alpha value is -6.01. The maximum absolute atomic E-state index is 14.7. The molecule has 3 saturated heterocycles. The molecule has 1 unspecified atom stereocenters. The number of aromatic nitrogens is 2. The number of halogens is 2. The van der Waals surface area contributed by atoms with Crippen LogP contribution < -0.4 is 20.9 Å². The molecule has 6 aliphatic heterocycles. The lowest BCUT2D eigenvalue weighted by Gasteiger charge is -2.37. The Morgan fingerprint density at radius 1 is 0.909 bits per heavy atom. The first-order chi connectivity index (χ1) is 31.9. The number of benzene rings is 2. The van der Waals surface area contributed by atoms with E-state index in [1.54, 1.807) is 32.2 Å². The standard InChI is InChI=1S/C48H59F2N11O5/c1-30(62)58-20-14-38-37(29-58)45(59-17-6-7-31-25-35(32(27-51)28-52-2)36(44(49)50)26-41(31)59)54-61(38)33-12-18-55(19-13-33)15-3-4-16-56-21-23-57(24-22-56)39-9-5-8-34-43(39)48(66)60(47(34)65)40-10-11-42(63)53-46(40)64/h5,8-9,25-28,33,40,44H,3-4,6-7,10-24,29,51H2,1-2H3,(H,53,63,64). The van der Waals surface area contributed by atoms with Crippen molar-refractivity contribution in [2.24, 2.45) is 10.7 Å². The molecular weight excluding hydrogens is 849 g/mol. The van der Waals surface area contributed by atoms with Gasteiger partial charge in [-0.3, -0.25) is 48.8 Å². The molecule has 0 saturated carbocycles. The number of piperidine rings is 2. The van der Waals surface area contributed by atoms with Gasteiger partial charge in [0.25, 0.3) is 18.2 Å². The van der Waals surface area contributed by atoms with E-state index in [0.29, 0.717) is 67.1 Å². The second kappa shape index (κ2) is 19.1. The number of nitrogens with two attached hydrogens (primary N) is 1. The average molecular weight is 908 g/mol. The van der Waals surface area contributed by atoms with Crippen molar-refractivity contribution in [1.29, 1.82) is 0 Å². The topological polar surface area (TPSA) is 173 Å². The van der Waals surface area contributed by atoms with Crippen LogP contribution in [-0.2, 0) is 33.8 Å². The van der Waals surface area contributed by atoms with Gasteiger partial charge in [-0.15, -0.1) is 0 Å². The smallest absolute Gasteiger partial charge is 0.264 e. The number of piperazine rings is 1. The minimum atomic E-state index is -2.72.